The Morgan fingerprint density at radius 2 is 1.48 bits per heavy atom. The van der Waals surface area contributed by atoms with Gasteiger partial charge in [0.15, 0.2) is 11.5 Å². The first-order valence-corrected chi connectivity index (χ1v) is 6.74. The van der Waals surface area contributed by atoms with Gasteiger partial charge in [0, 0.05) is 16.8 Å². The van der Waals surface area contributed by atoms with Gasteiger partial charge in [0.1, 0.15) is 10.9 Å². The van der Waals surface area contributed by atoms with E-state index in [4.69, 9.17) is 25.8 Å². The summed E-state index contributed by atoms with van der Waals surface area (Å²) in [6.07, 6.45) is 0. The number of ether oxygens (including phenoxy) is 3. The summed E-state index contributed by atoms with van der Waals surface area (Å²) in [6.45, 7) is 0. The highest BCUT2D eigenvalue weighted by molar-refractivity contribution is 6.36. The van der Waals surface area contributed by atoms with Gasteiger partial charge in [-0.25, -0.2) is 4.98 Å². The molecule has 4 nitrogen and oxygen atoms in total. The topological polar surface area (TPSA) is 40.6 Å². The Morgan fingerprint density at radius 1 is 0.810 bits per heavy atom. The zero-order valence-corrected chi connectivity index (χ0v) is 12.7. The van der Waals surface area contributed by atoms with E-state index in [9.17, 15) is 0 Å². The number of pyridine rings is 1. The third-order valence-corrected chi connectivity index (χ3v) is 3.75. The number of methoxy groups -OCH3 is 3. The van der Waals surface area contributed by atoms with Crippen LogP contribution >= 0.6 is 11.6 Å². The molecular formula is C16H14ClNO3. The molecule has 0 aliphatic rings. The molecule has 0 fully saturated rings. The van der Waals surface area contributed by atoms with E-state index in [0.717, 1.165) is 27.4 Å². The fourth-order valence-corrected chi connectivity index (χ4v) is 2.64. The molecule has 1 heterocycles. The molecule has 0 saturated heterocycles. The van der Waals surface area contributed by atoms with Crippen molar-refractivity contribution in [1.82, 2.24) is 4.98 Å². The number of halogens is 1. The quantitative estimate of drug-likeness (QED) is 0.540. The smallest absolute Gasteiger partial charge is 0.161 e. The Morgan fingerprint density at radius 3 is 2.10 bits per heavy atom. The van der Waals surface area contributed by atoms with Crippen LogP contribution in [0.4, 0.5) is 0 Å². The summed E-state index contributed by atoms with van der Waals surface area (Å²) >= 11 is 6.31. The molecule has 0 atom stereocenters. The number of benzene rings is 2. The van der Waals surface area contributed by atoms with Crippen LogP contribution in [-0.4, -0.2) is 26.3 Å². The molecule has 2 aromatic carbocycles. The average molecular weight is 304 g/mol. The number of hydrogen-bond acceptors (Lipinski definition) is 4. The lowest BCUT2D eigenvalue weighted by Gasteiger charge is -2.12. The summed E-state index contributed by atoms with van der Waals surface area (Å²) < 4.78 is 15.9. The molecular weight excluding hydrogens is 290 g/mol. The van der Waals surface area contributed by atoms with Crippen LogP contribution in [0.5, 0.6) is 17.2 Å². The van der Waals surface area contributed by atoms with Crippen LogP contribution in [0.1, 0.15) is 0 Å². The van der Waals surface area contributed by atoms with Gasteiger partial charge in [0.05, 0.1) is 26.8 Å². The fourth-order valence-electron chi connectivity index (χ4n) is 2.40. The van der Waals surface area contributed by atoms with Crippen molar-refractivity contribution in [3.05, 3.63) is 35.5 Å². The predicted octanol–water partition coefficient (Wildman–Crippen LogP) is 4.07. The van der Waals surface area contributed by atoms with Crippen LogP contribution in [0.3, 0.4) is 0 Å². The Balaban J connectivity index is 2.42. The zero-order chi connectivity index (χ0) is 15.0. The lowest BCUT2D eigenvalue weighted by molar-refractivity contribution is 0.356. The highest BCUT2D eigenvalue weighted by Crippen LogP contribution is 2.38. The minimum absolute atomic E-state index is 0.423. The van der Waals surface area contributed by atoms with Gasteiger partial charge in [-0.05, 0) is 29.7 Å². The van der Waals surface area contributed by atoms with Gasteiger partial charge in [-0.1, -0.05) is 11.6 Å². The van der Waals surface area contributed by atoms with Crippen LogP contribution in [-0.2, 0) is 0 Å². The Hall–Kier alpha value is -2.20. The lowest BCUT2D eigenvalue weighted by Crippen LogP contribution is -1.93. The van der Waals surface area contributed by atoms with Crippen LogP contribution in [0, 0.1) is 0 Å². The molecule has 5 heteroatoms. The molecule has 0 radical (unpaired) electrons. The third kappa shape index (κ3) is 2.21. The second-order valence-corrected chi connectivity index (χ2v) is 4.90. The highest BCUT2D eigenvalue weighted by atomic mass is 35.5. The summed E-state index contributed by atoms with van der Waals surface area (Å²) in [4.78, 5) is 4.43. The maximum atomic E-state index is 6.31. The van der Waals surface area contributed by atoms with E-state index in [0.29, 0.717) is 16.7 Å². The van der Waals surface area contributed by atoms with Gasteiger partial charge < -0.3 is 14.2 Å². The first kappa shape index (κ1) is 13.8. The van der Waals surface area contributed by atoms with Crippen molar-refractivity contribution in [2.24, 2.45) is 0 Å². The highest BCUT2D eigenvalue weighted by Gasteiger charge is 2.13. The monoisotopic (exact) mass is 303 g/mol. The summed E-state index contributed by atoms with van der Waals surface area (Å²) in [7, 11) is 4.83. The van der Waals surface area contributed by atoms with Crippen LogP contribution < -0.4 is 14.2 Å². The van der Waals surface area contributed by atoms with Gasteiger partial charge in [-0.15, -0.1) is 0 Å². The molecule has 1 aromatic heterocycles. The van der Waals surface area contributed by atoms with Gasteiger partial charge in [-0.3, -0.25) is 0 Å². The van der Waals surface area contributed by atoms with Gasteiger partial charge in [0.25, 0.3) is 0 Å². The Bertz CT molecular complexity index is 833. The molecule has 0 bridgehead atoms. The van der Waals surface area contributed by atoms with E-state index in [-0.39, 0.29) is 0 Å². The van der Waals surface area contributed by atoms with E-state index in [1.54, 1.807) is 21.3 Å². The first-order chi connectivity index (χ1) is 10.2. The molecule has 0 aliphatic carbocycles. The normalized spacial score (nSPS) is 10.9. The summed E-state index contributed by atoms with van der Waals surface area (Å²) in [5, 5.41) is 3.19. The maximum Gasteiger partial charge on any atom is 0.161 e. The largest absolute Gasteiger partial charge is 0.497 e. The number of aromatic nitrogens is 1. The molecule has 3 rings (SSSR count). The minimum Gasteiger partial charge on any atom is -0.497 e. The van der Waals surface area contributed by atoms with E-state index < -0.39 is 0 Å². The minimum atomic E-state index is 0.423. The first-order valence-electron chi connectivity index (χ1n) is 6.37. The number of rotatable bonds is 3. The van der Waals surface area contributed by atoms with Crippen molar-refractivity contribution in [3.8, 4) is 17.2 Å². The SMILES string of the molecule is COc1ccc2c(c1)nc(Cl)c1cc(OC)c(OC)cc12. The molecule has 0 unspecified atom stereocenters. The van der Waals surface area contributed by atoms with E-state index in [1.165, 1.54) is 0 Å². The summed E-state index contributed by atoms with van der Waals surface area (Å²) in [5.74, 6) is 2.02. The standard InChI is InChI=1S/C16H14ClNO3/c1-19-9-4-5-10-11-7-14(20-2)15(21-3)8-12(11)16(17)18-13(10)6-9/h4-8H,1-3H3. The van der Waals surface area contributed by atoms with Crippen molar-refractivity contribution < 1.29 is 14.2 Å². The molecule has 0 N–H and O–H groups in total. The molecule has 0 spiro atoms. The lowest BCUT2D eigenvalue weighted by atomic mass is 10.1. The van der Waals surface area contributed by atoms with Crippen LogP contribution in [0.2, 0.25) is 5.15 Å². The number of nitrogens with zero attached hydrogens (tertiary/aromatic N) is 1. The maximum absolute atomic E-state index is 6.31. The van der Waals surface area contributed by atoms with E-state index in [1.807, 2.05) is 30.3 Å². The van der Waals surface area contributed by atoms with Gasteiger partial charge >= 0.3 is 0 Å². The van der Waals surface area contributed by atoms with Crippen molar-refractivity contribution in [1.29, 1.82) is 0 Å². The summed E-state index contributed by atoms with van der Waals surface area (Å²) in [6, 6.07) is 9.47. The molecule has 21 heavy (non-hydrogen) atoms. The molecule has 108 valence electrons. The van der Waals surface area contributed by atoms with Crippen molar-refractivity contribution in [2.75, 3.05) is 21.3 Å². The predicted molar refractivity (Wildman–Crippen MR) is 83.9 cm³/mol. The van der Waals surface area contributed by atoms with Crippen molar-refractivity contribution in [2.45, 2.75) is 0 Å². The van der Waals surface area contributed by atoms with Crippen LogP contribution in [0.25, 0.3) is 21.7 Å². The van der Waals surface area contributed by atoms with Crippen molar-refractivity contribution in [3.63, 3.8) is 0 Å². The van der Waals surface area contributed by atoms with E-state index in [2.05, 4.69) is 4.98 Å². The zero-order valence-electron chi connectivity index (χ0n) is 11.9. The second kappa shape index (κ2) is 5.30. The fraction of sp³-hybridized carbons (Fsp3) is 0.188. The Labute approximate surface area is 127 Å². The Kier molecular flexibility index (Phi) is 3.47. The summed E-state index contributed by atoms with van der Waals surface area (Å²) in [5.41, 5.74) is 0.777. The molecule has 0 aliphatic heterocycles. The molecule has 0 saturated carbocycles. The molecule has 0 amide bonds. The van der Waals surface area contributed by atoms with Gasteiger partial charge in [-0.2, -0.15) is 0 Å². The van der Waals surface area contributed by atoms with Crippen LogP contribution in [0.15, 0.2) is 30.3 Å². The number of hydrogen-bond donors (Lipinski definition) is 0. The average Bonchev–Trinajstić information content (AvgIpc) is 2.53. The van der Waals surface area contributed by atoms with Gasteiger partial charge in [0.2, 0.25) is 0 Å². The second-order valence-electron chi connectivity index (χ2n) is 4.54. The molecule has 3 aromatic rings. The van der Waals surface area contributed by atoms with E-state index >= 15 is 0 Å². The number of fused-ring (bicyclic) bond motifs is 3. The third-order valence-electron chi connectivity index (χ3n) is 3.46. The van der Waals surface area contributed by atoms with Crippen molar-refractivity contribution >= 4 is 33.3 Å².